The van der Waals surface area contributed by atoms with Gasteiger partial charge in [-0.2, -0.15) is 5.10 Å². The number of aromatic nitrogens is 3. The number of para-hydroxylation sites is 1. The number of hydrogen-bond donors (Lipinski definition) is 3. The molecule has 1 fully saturated rings. The van der Waals surface area contributed by atoms with Crippen LogP contribution in [0.5, 0.6) is 11.5 Å². The van der Waals surface area contributed by atoms with Crippen LogP contribution in [0.4, 0.5) is 10.2 Å². The van der Waals surface area contributed by atoms with Crippen molar-refractivity contribution in [2.75, 3.05) is 32.4 Å². The fourth-order valence-corrected chi connectivity index (χ4v) is 7.08. The number of carbonyl (C=O) groups is 1. The molecule has 254 valence electrons. The molecule has 0 aliphatic carbocycles. The molecular weight excluding hydrogens is 617 g/mol. The second-order valence-corrected chi connectivity index (χ2v) is 13.7. The van der Waals surface area contributed by atoms with Gasteiger partial charge in [0.05, 0.1) is 23.1 Å². The van der Waals surface area contributed by atoms with Gasteiger partial charge in [-0.3, -0.25) is 4.79 Å². The highest BCUT2D eigenvalue weighted by Crippen LogP contribution is 2.33. The van der Waals surface area contributed by atoms with E-state index in [0.717, 1.165) is 41.8 Å². The van der Waals surface area contributed by atoms with Crippen LogP contribution in [0.2, 0.25) is 0 Å². The van der Waals surface area contributed by atoms with Crippen molar-refractivity contribution in [3.05, 3.63) is 107 Å². The molecule has 7 rings (SSSR count). The molecule has 0 unspecified atom stereocenters. The Balaban J connectivity index is 1.12. The van der Waals surface area contributed by atoms with Crippen LogP contribution >= 0.6 is 0 Å². The number of hydrazine groups is 1. The molecule has 2 aliphatic rings. The van der Waals surface area contributed by atoms with E-state index in [2.05, 4.69) is 52.6 Å². The normalized spacial score (nSPS) is 15.8. The summed E-state index contributed by atoms with van der Waals surface area (Å²) in [7, 11) is 2.01. The Bertz CT molecular complexity index is 2040. The molecule has 10 heteroatoms. The zero-order valence-electron chi connectivity index (χ0n) is 28.6. The maximum atomic E-state index is 14.2. The van der Waals surface area contributed by atoms with Gasteiger partial charge in [-0.05, 0) is 136 Å². The molecule has 0 spiro atoms. The lowest BCUT2D eigenvalue weighted by atomic mass is 9.87. The number of likely N-dealkylation sites (tertiary alicyclic amines) is 1. The van der Waals surface area contributed by atoms with E-state index in [1.54, 1.807) is 30.3 Å². The maximum Gasteiger partial charge on any atom is 0.214 e. The van der Waals surface area contributed by atoms with E-state index in [1.165, 1.54) is 59.6 Å². The number of nitrogens with one attached hydrogen (secondary N) is 2. The first-order valence-electron chi connectivity index (χ1n) is 17.1. The molecule has 4 heterocycles. The average Bonchev–Trinajstić information content (AvgIpc) is 3.83. The monoisotopic (exact) mass is 661 g/mol. The predicted molar refractivity (Wildman–Crippen MR) is 192 cm³/mol. The van der Waals surface area contributed by atoms with Gasteiger partial charge in [0.2, 0.25) is 5.78 Å². The molecule has 9 nitrogen and oxygen atoms in total. The second-order valence-electron chi connectivity index (χ2n) is 13.7. The summed E-state index contributed by atoms with van der Waals surface area (Å²) in [4.78, 5) is 19.8. The van der Waals surface area contributed by atoms with Crippen LogP contribution < -0.4 is 15.9 Å². The molecule has 2 aromatic heterocycles. The fraction of sp³-hybridized carbons (Fsp3) is 0.333. The van der Waals surface area contributed by atoms with Crippen LogP contribution in [-0.4, -0.2) is 63.2 Å². The largest absolute Gasteiger partial charge is 0.454 e. The van der Waals surface area contributed by atoms with E-state index >= 15 is 0 Å². The lowest BCUT2D eigenvalue weighted by Crippen LogP contribution is -2.38. The maximum absolute atomic E-state index is 14.2. The summed E-state index contributed by atoms with van der Waals surface area (Å²) in [6.07, 6.45) is 8.29. The zero-order valence-corrected chi connectivity index (χ0v) is 28.6. The van der Waals surface area contributed by atoms with Crippen LogP contribution in [-0.2, 0) is 6.42 Å². The van der Waals surface area contributed by atoms with Crippen molar-refractivity contribution in [2.45, 2.75) is 52.5 Å². The Kier molecular flexibility index (Phi) is 9.00. The molecule has 0 radical (unpaired) electrons. The third-order valence-corrected chi connectivity index (χ3v) is 10.0. The van der Waals surface area contributed by atoms with Crippen molar-refractivity contribution in [3.63, 3.8) is 0 Å². The Hall–Kier alpha value is -4.93. The molecule has 0 atom stereocenters. The molecule has 5 aromatic rings. The number of hydrogen-bond acceptors (Lipinski definition) is 7. The highest BCUT2D eigenvalue weighted by Gasteiger charge is 2.24. The van der Waals surface area contributed by atoms with Crippen molar-refractivity contribution < 1.29 is 13.9 Å². The van der Waals surface area contributed by atoms with E-state index in [-0.39, 0.29) is 17.4 Å². The highest BCUT2D eigenvalue weighted by atomic mass is 19.1. The van der Waals surface area contributed by atoms with Gasteiger partial charge in [0.15, 0.2) is 11.6 Å². The molecule has 4 N–H and O–H groups in total. The number of piperidine rings is 1. The molecule has 3 aromatic carbocycles. The topological polar surface area (TPSA) is 104 Å². The standard InChI is InChI=1S/C39H44FN7O2/c1-24(2)46-15-13-26(14-16-46)9-10-27-18-28-19-35(44-34(28)20-31(27)29-21-42-45(4)23-29)38(48)32-22-43-47(39(32)41)30-11-12-36(25(3)17-30)49-37-8-6-5-7-33(37)40/h5-8,11-12,17-20,22-24,26,42,44H,9-10,13-16,21,41H2,1-4H3. The highest BCUT2D eigenvalue weighted by molar-refractivity contribution is 6.12. The number of halogens is 1. The van der Waals surface area contributed by atoms with Crippen molar-refractivity contribution >= 4 is 28.1 Å². The summed E-state index contributed by atoms with van der Waals surface area (Å²) in [5.41, 5.74) is 16.8. The van der Waals surface area contributed by atoms with E-state index < -0.39 is 5.82 Å². The lowest BCUT2D eigenvalue weighted by Gasteiger charge is -2.34. The van der Waals surface area contributed by atoms with Gasteiger partial charge >= 0.3 is 0 Å². The number of anilines is 1. The minimum absolute atomic E-state index is 0.147. The second kappa shape index (κ2) is 13.5. The number of rotatable bonds is 10. The summed E-state index contributed by atoms with van der Waals surface area (Å²) in [5.74, 6) is 0.958. The van der Waals surface area contributed by atoms with Crippen LogP contribution in [0.15, 0.2) is 73.1 Å². The van der Waals surface area contributed by atoms with Crippen LogP contribution in [0, 0.1) is 18.7 Å². The molecule has 1 saturated heterocycles. The average molecular weight is 662 g/mol. The van der Waals surface area contributed by atoms with Crippen LogP contribution in [0.1, 0.15) is 65.9 Å². The Labute approximate surface area is 286 Å². The first kappa shape index (κ1) is 32.6. The van der Waals surface area contributed by atoms with Gasteiger partial charge in [0.1, 0.15) is 11.6 Å². The molecule has 49 heavy (non-hydrogen) atoms. The Morgan fingerprint density at radius 2 is 1.88 bits per heavy atom. The van der Waals surface area contributed by atoms with Gasteiger partial charge < -0.3 is 25.4 Å². The third-order valence-electron chi connectivity index (χ3n) is 10.0. The van der Waals surface area contributed by atoms with Crippen LogP contribution in [0.25, 0.3) is 22.2 Å². The fourth-order valence-electron chi connectivity index (χ4n) is 7.08. The number of aromatic amines is 1. The van der Waals surface area contributed by atoms with Crippen LogP contribution in [0.3, 0.4) is 0 Å². The molecule has 0 amide bonds. The number of H-pyrrole nitrogens is 1. The molecular formula is C39H44FN7O2. The van der Waals surface area contributed by atoms with Crippen molar-refractivity contribution in [2.24, 2.45) is 5.92 Å². The summed E-state index contributed by atoms with van der Waals surface area (Å²) in [6.45, 7) is 9.54. The molecule has 0 saturated carbocycles. The minimum atomic E-state index is -0.437. The SMILES string of the molecule is Cc1cc(-n2ncc(C(=O)c3cc4cc(CCC5CCN(C(C)C)CC5)c(C5=CN(C)NC5)cc4[nH]3)c2N)ccc1Oc1ccccc1F. The van der Waals surface area contributed by atoms with Crippen molar-refractivity contribution in [1.29, 1.82) is 0 Å². The number of nitrogens with two attached hydrogens (primary N) is 1. The Morgan fingerprint density at radius 1 is 1.08 bits per heavy atom. The van der Waals surface area contributed by atoms with Gasteiger partial charge in [-0.15, -0.1) is 0 Å². The predicted octanol–water partition coefficient (Wildman–Crippen LogP) is 7.25. The van der Waals surface area contributed by atoms with Gasteiger partial charge in [-0.25, -0.2) is 14.5 Å². The Morgan fingerprint density at radius 3 is 2.59 bits per heavy atom. The minimum Gasteiger partial charge on any atom is -0.454 e. The number of fused-ring (bicyclic) bond motifs is 1. The molecule has 0 bridgehead atoms. The lowest BCUT2D eigenvalue weighted by molar-refractivity contribution is 0.103. The number of nitrogens with zero attached hydrogens (tertiary/aromatic N) is 4. The summed E-state index contributed by atoms with van der Waals surface area (Å²) in [6, 6.07) is 18.6. The van der Waals surface area contributed by atoms with Crippen molar-refractivity contribution in [1.82, 2.24) is 30.1 Å². The molecule has 2 aliphatic heterocycles. The quantitative estimate of drug-likeness (QED) is 0.136. The number of carbonyl (C=O) groups excluding carboxylic acids is 1. The third kappa shape index (κ3) is 6.71. The summed E-state index contributed by atoms with van der Waals surface area (Å²) >= 11 is 0. The number of benzene rings is 3. The van der Waals surface area contributed by atoms with Gasteiger partial charge in [0, 0.05) is 36.7 Å². The van der Waals surface area contributed by atoms with Gasteiger partial charge in [0.25, 0.3) is 0 Å². The number of aryl methyl sites for hydroxylation is 2. The van der Waals surface area contributed by atoms with E-state index in [4.69, 9.17) is 10.5 Å². The number of ether oxygens (including phenoxy) is 1. The smallest absolute Gasteiger partial charge is 0.214 e. The summed E-state index contributed by atoms with van der Waals surface area (Å²) < 4.78 is 21.5. The first-order valence-corrected chi connectivity index (χ1v) is 17.1. The number of nitrogen functional groups attached to an aromatic ring is 1. The van der Waals surface area contributed by atoms with E-state index in [9.17, 15) is 9.18 Å². The van der Waals surface area contributed by atoms with Gasteiger partial charge in [-0.1, -0.05) is 12.1 Å². The number of ketones is 1. The first-order chi connectivity index (χ1) is 23.6. The summed E-state index contributed by atoms with van der Waals surface area (Å²) in [5, 5.41) is 7.46. The zero-order chi connectivity index (χ0) is 34.2. The van der Waals surface area contributed by atoms with Crippen molar-refractivity contribution in [3.8, 4) is 17.2 Å². The van der Waals surface area contributed by atoms with E-state index in [1.807, 2.05) is 31.1 Å². The van der Waals surface area contributed by atoms with E-state index in [0.29, 0.717) is 28.7 Å².